The molecule has 2 aromatic carbocycles. The van der Waals surface area contributed by atoms with E-state index in [0.29, 0.717) is 27.1 Å². The van der Waals surface area contributed by atoms with Crippen molar-refractivity contribution in [3.8, 4) is 11.3 Å². The molecule has 2 heterocycles. The quantitative estimate of drug-likeness (QED) is 0.366. The zero-order chi connectivity index (χ0) is 21.3. The van der Waals surface area contributed by atoms with Crippen LogP contribution in [0.1, 0.15) is 38.4 Å². The molecule has 0 fully saturated rings. The van der Waals surface area contributed by atoms with Crippen molar-refractivity contribution in [1.82, 2.24) is 10.1 Å². The van der Waals surface area contributed by atoms with Crippen LogP contribution in [-0.4, -0.2) is 21.7 Å². The summed E-state index contributed by atoms with van der Waals surface area (Å²) in [6.45, 7) is 3.64. The average molecular weight is 442 g/mol. The molecule has 0 aliphatic carbocycles. The Morgan fingerprint density at radius 1 is 1.27 bits per heavy atom. The normalized spacial score (nSPS) is 14.9. The van der Waals surface area contributed by atoms with E-state index >= 15 is 0 Å². The number of hydrogen-bond donors (Lipinski definition) is 1. The monoisotopic (exact) mass is 441 g/mol. The molecule has 0 saturated heterocycles. The maximum absolute atomic E-state index is 13.1. The Balaban J connectivity index is 1.98. The number of halogens is 1. The van der Waals surface area contributed by atoms with E-state index in [1.165, 1.54) is 18.7 Å². The summed E-state index contributed by atoms with van der Waals surface area (Å²) in [5, 5.41) is 5.84. The fourth-order valence-corrected chi connectivity index (χ4v) is 4.79. The highest BCUT2D eigenvalue weighted by atomic mass is 35.5. The van der Waals surface area contributed by atoms with Crippen molar-refractivity contribution in [2.75, 3.05) is 10.7 Å². The minimum atomic E-state index is -0.612. The van der Waals surface area contributed by atoms with Gasteiger partial charge in [-0.15, -0.1) is 0 Å². The van der Waals surface area contributed by atoms with Crippen molar-refractivity contribution in [3.63, 3.8) is 0 Å². The van der Waals surface area contributed by atoms with Crippen molar-refractivity contribution in [2.24, 2.45) is 0 Å². The van der Waals surface area contributed by atoms with Crippen LogP contribution in [0.5, 0.6) is 0 Å². The van der Waals surface area contributed by atoms with Gasteiger partial charge in [0.1, 0.15) is 0 Å². The molecule has 1 atom stereocenters. The van der Waals surface area contributed by atoms with Crippen molar-refractivity contribution in [2.45, 2.75) is 38.0 Å². The summed E-state index contributed by atoms with van der Waals surface area (Å²) < 4.78 is 1.66. The fraction of sp³-hybridized carbons (Fsp3) is 0.273. The zero-order valence-electron chi connectivity index (χ0n) is 16.8. The summed E-state index contributed by atoms with van der Waals surface area (Å²) in [5.74, 6) is 0.709. The van der Waals surface area contributed by atoms with Crippen molar-refractivity contribution in [3.05, 3.63) is 69.5 Å². The minimum Gasteiger partial charge on any atom is -0.291 e. The lowest BCUT2D eigenvalue weighted by Crippen LogP contribution is -2.60. The number of benzene rings is 2. The highest BCUT2D eigenvalue weighted by Crippen LogP contribution is 2.37. The van der Waals surface area contributed by atoms with Crippen LogP contribution in [0.4, 0.5) is 5.69 Å². The Morgan fingerprint density at radius 3 is 2.80 bits per heavy atom. The van der Waals surface area contributed by atoms with Crippen molar-refractivity contribution >= 4 is 35.0 Å². The molecule has 1 aromatic heterocycles. The Kier molecular flexibility index (Phi) is 5.92. The molecule has 0 saturated carbocycles. The van der Waals surface area contributed by atoms with Crippen LogP contribution >= 0.6 is 23.4 Å². The van der Waals surface area contributed by atoms with Gasteiger partial charge >= 0.3 is 11.3 Å². The van der Waals surface area contributed by atoms with Gasteiger partial charge in [0.25, 0.3) is 6.17 Å². The highest BCUT2D eigenvalue weighted by Gasteiger charge is 2.44. The Labute approximate surface area is 183 Å². The van der Waals surface area contributed by atoms with Gasteiger partial charge in [-0.05, 0) is 35.4 Å². The molecule has 8 heteroatoms. The maximum atomic E-state index is 13.1. The molecular weight excluding hydrogens is 420 g/mol. The largest absolute Gasteiger partial charge is 0.325 e. The standard InChI is InChI=1S/C22H21ClN4O2S/c1-3-4-12-30-22-24-20(29)19-17-10-5-6-11-18(17)26(14(2)28)21(27(19)25-22)15-8-7-9-16(23)13-15/h5-11,13,21H,3-4,12H2,1-2H3/p+1. The van der Waals surface area contributed by atoms with Crippen LogP contribution in [0.25, 0.3) is 11.3 Å². The number of carbonyl (C=O) groups is 1. The van der Waals surface area contributed by atoms with Crippen LogP contribution in [0.3, 0.4) is 0 Å². The molecule has 1 amide bonds. The second kappa shape index (κ2) is 8.62. The summed E-state index contributed by atoms with van der Waals surface area (Å²) in [6, 6.07) is 14.7. The summed E-state index contributed by atoms with van der Waals surface area (Å²) in [5.41, 5.74) is 2.32. The molecule has 0 radical (unpaired) electrons. The molecule has 154 valence electrons. The molecule has 0 bridgehead atoms. The second-order valence-electron chi connectivity index (χ2n) is 7.09. The van der Waals surface area contributed by atoms with Crippen LogP contribution in [0, 0.1) is 0 Å². The van der Waals surface area contributed by atoms with E-state index in [0.717, 1.165) is 24.2 Å². The summed E-state index contributed by atoms with van der Waals surface area (Å²) >= 11 is 7.77. The SMILES string of the molecule is CCCCSc1n[n+]2c(c(=O)[nH]1)-c1ccccc1N(C(C)=O)C2c1cccc(Cl)c1. The first-order chi connectivity index (χ1) is 14.5. The number of anilines is 1. The second-order valence-corrected chi connectivity index (χ2v) is 8.61. The van der Waals surface area contributed by atoms with Gasteiger partial charge in [-0.2, -0.15) is 0 Å². The number of rotatable bonds is 5. The first-order valence-corrected chi connectivity index (χ1v) is 11.2. The third-order valence-electron chi connectivity index (χ3n) is 4.98. The zero-order valence-corrected chi connectivity index (χ0v) is 18.3. The number of thioether (sulfide) groups is 1. The molecule has 1 N–H and O–H groups in total. The van der Waals surface area contributed by atoms with E-state index in [-0.39, 0.29) is 11.5 Å². The first-order valence-electron chi connectivity index (χ1n) is 9.85. The van der Waals surface area contributed by atoms with E-state index in [2.05, 4.69) is 11.9 Å². The van der Waals surface area contributed by atoms with Crippen molar-refractivity contribution in [1.29, 1.82) is 0 Å². The molecule has 4 rings (SSSR count). The number of hydrogen-bond acceptors (Lipinski definition) is 4. The van der Waals surface area contributed by atoms with Gasteiger partial charge in [0, 0.05) is 28.4 Å². The fourth-order valence-electron chi connectivity index (χ4n) is 3.66. The lowest BCUT2D eigenvalue weighted by molar-refractivity contribution is -0.763. The number of aromatic amines is 1. The van der Waals surface area contributed by atoms with Crippen LogP contribution in [-0.2, 0) is 4.79 Å². The van der Waals surface area contributed by atoms with E-state index < -0.39 is 6.17 Å². The molecule has 3 aromatic rings. The van der Waals surface area contributed by atoms with Crippen LogP contribution < -0.4 is 15.1 Å². The predicted molar refractivity (Wildman–Crippen MR) is 119 cm³/mol. The van der Waals surface area contributed by atoms with Gasteiger partial charge in [0.15, 0.2) is 0 Å². The molecule has 6 nitrogen and oxygen atoms in total. The molecule has 1 aliphatic rings. The first kappa shape index (κ1) is 20.6. The third-order valence-corrected chi connectivity index (χ3v) is 6.17. The molecular formula is C22H22ClN4O2S+. The van der Waals surface area contributed by atoms with Gasteiger partial charge < -0.3 is 0 Å². The number of para-hydroxylation sites is 1. The summed E-state index contributed by atoms with van der Waals surface area (Å²) in [4.78, 5) is 30.5. The van der Waals surface area contributed by atoms with Crippen molar-refractivity contribution < 1.29 is 9.48 Å². The molecule has 1 aliphatic heterocycles. The summed E-state index contributed by atoms with van der Waals surface area (Å²) in [7, 11) is 0. The molecule has 1 unspecified atom stereocenters. The van der Waals surface area contributed by atoms with Crippen LogP contribution in [0.15, 0.2) is 58.5 Å². The number of fused-ring (bicyclic) bond motifs is 3. The smallest absolute Gasteiger partial charge is 0.291 e. The Hall–Kier alpha value is -2.64. The molecule has 0 spiro atoms. The van der Waals surface area contributed by atoms with Gasteiger partial charge in [-0.1, -0.05) is 61.0 Å². The number of H-pyrrole nitrogens is 1. The van der Waals surface area contributed by atoms with Gasteiger partial charge in [0.2, 0.25) is 11.1 Å². The number of aromatic nitrogens is 3. The maximum Gasteiger partial charge on any atom is 0.325 e. The lowest BCUT2D eigenvalue weighted by Gasteiger charge is -2.31. The van der Waals surface area contributed by atoms with Gasteiger partial charge in [0.05, 0.1) is 11.3 Å². The minimum absolute atomic E-state index is 0.146. The average Bonchev–Trinajstić information content (AvgIpc) is 2.72. The third kappa shape index (κ3) is 3.75. The lowest BCUT2D eigenvalue weighted by atomic mass is 10.0. The van der Waals surface area contributed by atoms with Crippen LogP contribution in [0.2, 0.25) is 5.02 Å². The number of carbonyl (C=O) groups excluding carboxylic acids is 1. The van der Waals surface area contributed by atoms with E-state index in [1.807, 2.05) is 36.4 Å². The van der Waals surface area contributed by atoms with E-state index in [4.69, 9.17) is 16.7 Å². The summed E-state index contributed by atoms with van der Waals surface area (Å²) in [6.07, 6.45) is 1.47. The predicted octanol–water partition coefficient (Wildman–Crippen LogP) is 4.18. The number of amides is 1. The highest BCUT2D eigenvalue weighted by molar-refractivity contribution is 7.99. The molecule has 30 heavy (non-hydrogen) atoms. The number of nitrogens with one attached hydrogen (secondary N) is 1. The Morgan fingerprint density at radius 2 is 2.07 bits per heavy atom. The topological polar surface area (TPSA) is 69.9 Å². The van der Waals surface area contributed by atoms with Gasteiger partial charge in [-0.25, -0.2) is 4.90 Å². The number of nitrogens with zero attached hydrogens (tertiary/aromatic N) is 3. The van der Waals surface area contributed by atoms with E-state index in [1.54, 1.807) is 21.7 Å². The van der Waals surface area contributed by atoms with E-state index in [9.17, 15) is 9.59 Å². The Bertz CT molecular complexity index is 1160. The van der Waals surface area contributed by atoms with Gasteiger partial charge in [-0.3, -0.25) is 14.6 Å². The number of unbranched alkanes of at least 4 members (excludes halogenated alkanes) is 1.